The largest absolute Gasteiger partial charge is 0.376 e. The van der Waals surface area contributed by atoms with Crippen molar-refractivity contribution in [3.63, 3.8) is 0 Å². The van der Waals surface area contributed by atoms with Crippen molar-refractivity contribution >= 4 is 22.5 Å². The van der Waals surface area contributed by atoms with E-state index in [1.165, 1.54) is 12.8 Å². The van der Waals surface area contributed by atoms with Crippen molar-refractivity contribution in [3.8, 4) is 12.8 Å². The van der Waals surface area contributed by atoms with E-state index in [0.29, 0.717) is 18.2 Å². The number of piperidine rings is 1. The number of rotatable bonds is 7. The van der Waals surface area contributed by atoms with Gasteiger partial charge >= 0.3 is 0 Å². The highest BCUT2D eigenvalue weighted by atomic mass is 35.5. The second-order valence-corrected chi connectivity index (χ2v) is 9.26. The molecule has 3 aromatic rings. The Balaban J connectivity index is 0.00000119. The van der Waals surface area contributed by atoms with Gasteiger partial charge in [-0.15, -0.1) is 12.8 Å². The summed E-state index contributed by atoms with van der Waals surface area (Å²) in [6, 6.07) is 10.8. The van der Waals surface area contributed by atoms with E-state index in [2.05, 4.69) is 29.0 Å². The number of ether oxygens (including phenoxy) is 1. The first-order valence-electron chi connectivity index (χ1n) is 11.1. The van der Waals surface area contributed by atoms with Crippen molar-refractivity contribution in [2.45, 2.75) is 44.2 Å². The number of aromatic nitrogens is 2. The molecule has 0 amide bonds. The van der Waals surface area contributed by atoms with Crippen LogP contribution < -0.4 is 5.32 Å². The zero-order valence-corrected chi connectivity index (χ0v) is 19.0. The molecule has 0 atom stereocenters. The summed E-state index contributed by atoms with van der Waals surface area (Å²) in [5.41, 5.74) is 3.05. The summed E-state index contributed by atoms with van der Waals surface area (Å²) < 4.78 is 21.8. The van der Waals surface area contributed by atoms with Crippen LogP contribution in [0.25, 0.3) is 10.9 Å². The minimum absolute atomic E-state index is 0.0953. The van der Waals surface area contributed by atoms with Crippen LogP contribution in [-0.4, -0.2) is 29.5 Å². The van der Waals surface area contributed by atoms with Gasteiger partial charge in [-0.3, -0.25) is 4.68 Å². The third kappa shape index (κ3) is 5.15. The number of nitrogens with one attached hydrogen (secondary N) is 1. The topological polar surface area (TPSA) is 39.1 Å². The molecule has 0 bridgehead atoms. The highest BCUT2D eigenvalue weighted by Gasteiger charge is 2.34. The second kappa shape index (κ2) is 10.0. The van der Waals surface area contributed by atoms with Gasteiger partial charge < -0.3 is 10.1 Å². The predicted molar refractivity (Wildman–Crippen MR) is 127 cm³/mol. The molecule has 1 aliphatic carbocycles. The van der Waals surface area contributed by atoms with E-state index in [1.807, 2.05) is 24.3 Å². The average Bonchev–Trinajstić information content (AvgIpc) is 3.53. The van der Waals surface area contributed by atoms with Crippen molar-refractivity contribution in [3.05, 3.63) is 64.6 Å². The first kappa shape index (κ1) is 22.8. The van der Waals surface area contributed by atoms with Crippen LogP contribution in [-0.2, 0) is 23.3 Å². The Morgan fingerprint density at radius 2 is 1.88 bits per heavy atom. The monoisotopic (exact) mass is 453 g/mol. The van der Waals surface area contributed by atoms with Crippen LogP contribution in [0.3, 0.4) is 0 Å². The SMILES string of the molecule is C#C.Fc1ccc(C2(COCc3cc(Cl)cc4cn(CC5CC5)nc34)CCNCC2)cc1. The molecule has 4 nitrogen and oxygen atoms in total. The summed E-state index contributed by atoms with van der Waals surface area (Å²) in [7, 11) is 0. The van der Waals surface area contributed by atoms with E-state index < -0.39 is 0 Å². The molecule has 1 saturated heterocycles. The molecular weight excluding hydrogens is 425 g/mol. The van der Waals surface area contributed by atoms with Crippen LogP contribution in [0.2, 0.25) is 5.02 Å². The molecule has 5 rings (SSSR count). The Kier molecular flexibility index (Phi) is 7.15. The maximum Gasteiger partial charge on any atom is 0.123 e. The molecule has 1 N–H and O–H groups in total. The number of hydrogen-bond acceptors (Lipinski definition) is 3. The first-order valence-corrected chi connectivity index (χ1v) is 11.5. The molecule has 0 spiro atoms. The molecule has 0 unspecified atom stereocenters. The van der Waals surface area contributed by atoms with Gasteiger partial charge in [0.25, 0.3) is 0 Å². The minimum Gasteiger partial charge on any atom is -0.376 e. The van der Waals surface area contributed by atoms with Crippen molar-refractivity contribution in [2.75, 3.05) is 19.7 Å². The second-order valence-electron chi connectivity index (χ2n) is 8.83. The Morgan fingerprint density at radius 1 is 1.16 bits per heavy atom. The number of hydrogen-bond donors (Lipinski definition) is 1. The number of halogens is 2. The first-order chi connectivity index (χ1) is 15.6. The lowest BCUT2D eigenvalue weighted by Gasteiger charge is -2.38. The highest BCUT2D eigenvalue weighted by molar-refractivity contribution is 6.31. The summed E-state index contributed by atoms with van der Waals surface area (Å²) in [6.45, 7) is 3.92. The number of fused-ring (bicyclic) bond motifs is 1. The molecule has 6 heteroatoms. The predicted octanol–water partition coefficient (Wildman–Crippen LogP) is 5.33. The Bertz CT molecular complexity index is 1070. The zero-order chi connectivity index (χ0) is 22.6. The quantitative estimate of drug-likeness (QED) is 0.492. The third-order valence-corrected chi connectivity index (χ3v) is 6.71. The molecule has 168 valence electrons. The fourth-order valence-electron chi connectivity index (χ4n) is 4.57. The zero-order valence-electron chi connectivity index (χ0n) is 18.2. The van der Waals surface area contributed by atoms with Crippen molar-refractivity contribution in [1.29, 1.82) is 0 Å². The van der Waals surface area contributed by atoms with Gasteiger partial charge in [0.05, 0.1) is 18.7 Å². The van der Waals surface area contributed by atoms with Crippen LogP contribution in [0.15, 0.2) is 42.6 Å². The Labute approximate surface area is 194 Å². The van der Waals surface area contributed by atoms with Crippen LogP contribution in [0.4, 0.5) is 4.39 Å². The fraction of sp³-hybridized carbons (Fsp3) is 0.423. The van der Waals surface area contributed by atoms with Crippen molar-refractivity contribution < 1.29 is 9.13 Å². The van der Waals surface area contributed by atoms with Gasteiger partial charge in [-0.1, -0.05) is 23.7 Å². The molecule has 32 heavy (non-hydrogen) atoms. The lowest BCUT2D eigenvalue weighted by Crippen LogP contribution is -2.43. The molecule has 0 radical (unpaired) electrons. The molecule has 2 aliphatic rings. The normalized spacial score (nSPS) is 17.6. The molecular formula is C26H29ClFN3O. The average molecular weight is 454 g/mol. The van der Waals surface area contributed by atoms with Crippen LogP contribution in [0.1, 0.15) is 36.8 Å². The van der Waals surface area contributed by atoms with E-state index >= 15 is 0 Å². The summed E-state index contributed by atoms with van der Waals surface area (Å²) in [5, 5.41) is 10.0. The third-order valence-electron chi connectivity index (χ3n) is 6.50. The van der Waals surface area contributed by atoms with E-state index in [-0.39, 0.29) is 11.2 Å². The molecule has 2 fully saturated rings. The highest BCUT2D eigenvalue weighted by Crippen LogP contribution is 2.35. The van der Waals surface area contributed by atoms with Gasteiger partial charge in [-0.05, 0) is 74.5 Å². The molecule has 2 aromatic carbocycles. The van der Waals surface area contributed by atoms with Gasteiger partial charge in [-0.25, -0.2) is 4.39 Å². The fourth-order valence-corrected chi connectivity index (χ4v) is 4.82. The molecule has 1 aromatic heterocycles. The summed E-state index contributed by atoms with van der Waals surface area (Å²) in [6.07, 6.45) is 14.6. The van der Waals surface area contributed by atoms with Crippen LogP contribution in [0, 0.1) is 24.6 Å². The van der Waals surface area contributed by atoms with E-state index in [9.17, 15) is 4.39 Å². The van der Waals surface area contributed by atoms with Crippen LogP contribution >= 0.6 is 11.6 Å². The van der Waals surface area contributed by atoms with E-state index in [1.54, 1.807) is 12.1 Å². The van der Waals surface area contributed by atoms with Gasteiger partial charge in [0.1, 0.15) is 5.82 Å². The van der Waals surface area contributed by atoms with Crippen molar-refractivity contribution in [2.24, 2.45) is 5.92 Å². The summed E-state index contributed by atoms with van der Waals surface area (Å²) in [4.78, 5) is 0. The Hall–Kier alpha value is -2.39. The standard InChI is InChI=1S/C24H27ClFN3O.C2H2/c25-21-11-18-14-29(13-17-1-2-17)28-23(18)19(12-21)15-30-16-24(7-9-27-10-8-24)20-3-5-22(26)6-4-20;1-2/h3-6,11-12,14,17,27H,1-2,7-10,13,15-16H2;1-2H. The molecule has 1 saturated carbocycles. The smallest absolute Gasteiger partial charge is 0.123 e. The maximum atomic E-state index is 13.5. The van der Waals surface area contributed by atoms with Crippen molar-refractivity contribution in [1.82, 2.24) is 15.1 Å². The van der Waals surface area contributed by atoms with Crippen LogP contribution in [0.5, 0.6) is 0 Å². The summed E-state index contributed by atoms with van der Waals surface area (Å²) in [5.74, 6) is 0.566. The van der Waals surface area contributed by atoms with E-state index in [4.69, 9.17) is 21.4 Å². The minimum atomic E-state index is -0.202. The van der Waals surface area contributed by atoms with Gasteiger partial charge in [0.2, 0.25) is 0 Å². The number of benzene rings is 2. The molecule has 1 aliphatic heterocycles. The summed E-state index contributed by atoms with van der Waals surface area (Å²) >= 11 is 6.38. The lowest BCUT2D eigenvalue weighted by atomic mass is 9.74. The van der Waals surface area contributed by atoms with Gasteiger partial charge in [0.15, 0.2) is 0 Å². The lowest BCUT2D eigenvalue weighted by molar-refractivity contribution is 0.0570. The number of nitrogens with zero attached hydrogens (tertiary/aromatic N) is 2. The number of terminal acetylenes is 1. The molecule has 2 heterocycles. The maximum absolute atomic E-state index is 13.5. The van der Waals surface area contributed by atoms with E-state index in [0.717, 1.165) is 60.4 Å². The Morgan fingerprint density at radius 3 is 2.56 bits per heavy atom. The van der Waals surface area contributed by atoms with Gasteiger partial charge in [-0.2, -0.15) is 5.10 Å². The van der Waals surface area contributed by atoms with Gasteiger partial charge in [0, 0.05) is 34.1 Å².